The molecule has 29 heavy (non-hydrogen) atoms. The first-order valence-electron chi connectivity index (χ1n) is 9.11. The van der Waals surface area contributed by atoms with E-state index in [2.05, 4.69) is 29.9 Å². The largest absolute Gasteiger partial charge is 0.265 e. The Bertz CT molecular complexity index is 962. The maximum atomic E-state index is 4.63. The van der Waals surface area contributed by atoms with Crippen molar-refractivity contribution >= 4 is 23.5 Å². The fourth-order valence-electron chi connectivity index (χ4n) is 2.57. The van der Waals surface area contributed by atoms with Gasteiger partial charge in [-0.1, -0.05) is 23.5 Å². The highest BCUT2D eigenvalue weighted by atomic mass is 32.2. The molecule has 6 nitrogen and oxygen atoms in total. The van der Waals surface area contributed by atoms with E-state index in [0.717, 1.165) is 50.8 Å². The Morgan fingerprint density at radius 1 is 0.552 bits per heavy atom. The molecule has 0 saturated heterocycles. The summed E-state index contributed by atoms with van der Waals surface area (Å²) in [6, 6.07) is 11.6. The van der Waals surface area contributed by atoms with Crippen molar-refractivity contribution in [2.45, 2.75) is 16.7 Å². The SMILES string of the molecule is c1cc(-c2ccnc(SCCCSc3nccc(-c4ccncc4)n3)n2)ccn1. The van der Waals surface area contributed by atoms with Crippen LogP contribution in [-0.4, -0.2) is 41.4 Å². The van der Waals surface area contributed by atoms with Gasteiger partial charge in [-0.3, -0.25) is 9.97 Å². The van der Waals surface area contributed by atoms with Crippen LogP contribution in [0.25, 0.3) is 22.5 Å². The van der Waals surface area contributed by atoms with E-state index < -0.39 is 0 Å². The van der Waals surface area contributed by atoms with Crippen LogP contribution in [0.5, 0.6) is 0 Å². The molecule has 0 unspecified atom stereocenters. The number of nitrogens with zero attached hydrogens (tertiary/aromatic N) is 6. The Morgan fingerprint density at radius 3 is 1.45 bits per heavy atom. The molecule has 0 spiro atoms. The van der Waals surface area contributed by atoms with Gasteiger partial charge in [0.15, 0.2) is 10.3 Å². The van der Waals surface area contributed by atoms with Crippen molar-refractivity contribution < 1.29 is 0 Å². The zero-order chi connectivity index (χ0) is 19.7. The molecule has 0 radical (unpaired) electrons. The third-order valence-corrected chi connectivity index (χ3v) is 5.87. The number of hydrogen-bond donors (Lipinski definition) is 0. The molecule has 0 atom stereocenters. The van der Waals surface area contributed by atoms with E-state index >= 15 is 0 Å². The van der Waals surface area contributed by atoms with Crippen LogP contribution in [0.3, 0.4) is 0 Å². The molecule has 4 aromatic heterocycles. The van der Waals surface area contributed by atoms with Crippen LogP contribution in [0.1, 0.15) is 6.42 Å². The van der Waals surface area contributed by atoms with Gasteiger partial charge in [0.1, 0.15) is 0 Å². The summed E-state index contributed by atoms with van der Waals surface area (Å²) in [7, 11) is 0. The van der Waals surface area contributed by atoms with Crippen LogP contribution in [0.15, 0.2) is 83.9 Å². The van der Waals surface area contributed by atoms with Crippen molar-refractivity contribution in [1.29, 1.82) is 0 Å². The summed E-state index contributed by atoms with van der Waals surface area (Å²) >= 11 is 3.33. The summed E-state index contributed by atoms with van der Waals surface area (Å²) in [6.07, 6.45) is 11.7. The number of thioether (sulfide) groups is 2. The van der Waals surface area contributed by atoms with Gasteiger partial charge in [0, 0.05) is 59.8 Å². The minimum absolute atomic E-state index is 0.792. The Morgan fingerprint density at radius 2 is 1.00 bits per heavy atom. The summed E-state index contributed by atoms with van der Waals surface area (Å²) in [5.41, 5.74) is 3.93. The first-order valence-corrected chi connectivity index (χ1v) is 11.1. The minimum Gasteiger partial charge on any atom is -0.265 e. The summed E-state index contributed by atoms with van der Waals surface area (Å²) in [4.78, 5) is 26.1. The molecule has 0 bridgehead atoms. The van der Waals surface area contributed by atoms with E-state index in [1.807, 2.05) is 36.4 Å². The monoisotopic (exact) mass is 418 g/mol. The minimum atomic E-state index is 0.792. The molecule has 4 aromatic rings. The maximum Gasteiger partial charge on any atom is 0.188 e. The molecule has 4 heterocycles. The van der Waals surface area contributed by atoms with Gasteiger partial charge >= 0.3 is 0 Å². The quantitative estimate of drug-likeness (QED) is 0.232. The van der Waals surface area contributed by atoms with Gasteiger partial charge in [-0.15, -0.1) is 0 Å². The third-order valence-electron chi connectivity index (χ3n) is 3.97. The first kappa shape index (κ1) is 19.5. The Hall–Kier alpha value is -2.84. The van der Waals surface area contributed by atoms with Crippen LogP contribution in [-0.2, 0) is 0 Å². The number of rotatable bonds is 8. The van der Waals surface area contributed by atoms with Crippen LogP contribution in [0.2, 0.25) is 0 Å². The van der Waals surface area contributed by atoms with Crippen LogP contribution in [0, 0.1) is 0 Å². The maximum absolute atomic E-state index is 4.63. The predicted octanol–water partition coefficient (Wildman–Crippen LogP) is 4.67. The molecule has 0 N–H and O–H groups in total. The van der Waals surface area contributed by atoms with Crippen molar-refractivity contribution in [3.05, 3.63) is 73.6 Å². The smallest absolute Gasteiger partial charge is 0.188 e. The number of pyridine rings is 2. The molecule has 0 aliphatic heterocycles. The van der Waals surface area contributed by atoms with Crippen LogP contribution >= 0.6 is 23.5 Å². The van der Waals surface area contributed by atoms with Gasteiger partial charge in [-0.05, 0) is 42.8 Å². The normalized spacial score (nSPS) is 10.8. The van der Waals surface area contributed by atoms with Gasteiger partial charge in [0.2, 0.25) is 0 Å². The molecule has 0 aliphatic rings. The lowest BCUT2D eigenvalue weighted by Crippen LogP contribution is -1.93. The number of hydrogen-bond acceptors (Lipinski definition) is 8. The highest BCUT2D eigenvalue weighted by Gasteiger charge is 2.05. The lowest BCUT2D eigenvalue weighted by Gasteiger charge is -2.05. The Balaban J connectivity index is 1.27. The number of aromatic nitrogens is 6. The zero-order valence-electron chi connectivity index (χ0n) is 15.5. The van der Waals surface area contributed by atoms with E-state index in [0.29, 0.717) is 0 Å². The first-order chi connectivity index (χ1) is 14.4. The second-order valence-corrected chi connectivity index (χ2v) is 8.10. The van der Waals surface area contributed by atoms with Crippen molar-refractivity contribution in [3.63, 3.8) is 0 Å². The summed E-state index contributed by atoms with van der Waals surface area (Å²) < 4.78 is 0. The molecule has 0 aliphatic carbocycles. The van der Waals surface area contributed by atoms with Gasteiger partial charge < -0.3 is 0 Å². The van der Waals surface area contributed by atoms with Crippen molar-refractivity contribution in [2.75, 3.05) is 11.5 Å². The Kier molecular flexibility index (Phi) is 6.77. The summed E-state index contributed by atoms with van der Waals surface area (Å²) in [5.74, 6) is 1.88. The average Bonchev–Trinajstić information content (AvgIpc) is 2.80. The predicted molar refractivity (Wildman–Crippen MR) is 117 cm³/mol. The zero-order valence-corrected chi connectivity index (χ0v) is 17.2. The second kappa shape index (κ2) is 10.1. The molecule has 0 aromatic carbocycles. The van der Waals surface area contributed by atoms with Gasteiger partial charge in [0.25, 0.3) is 0 Å². The Labute approximate surface area is 177 Å². The molecule has 0 saturated carbocycles. The molecular weight excluding hydrogens is 400 g/mol. The lowest BCUT2D eigenvalue weighted by atomic mass is 10.2. The summed E-state index contributed by atoms with van der Waals surface area (Å²) in [6.45, 7) is 0. The molecule has 8 heteroatoms. The molecule has 0 fully saturated rings. The van der Waals surface area contributed by atoms with Crippen molar-refractivity contribution in [1.82, 2.24) is 29.9 Å². The fraction of sp³-hybridized carbons (Fsp3) is 0.143. The van der Waals surface area contributed by atoms with E-state index in [-0.39, 0.29) is 0 Å². The van der Waals surface area contributed by atoms with Gasteiger partial charge in [-0.2, -0.15) is 0 Å². The van der Waals surface area contributed by atoms with E-state index in [1.165, 1.54) is 0 Å². The van der Waals surface area contributed by atoms with E-state index in [4.69, 9.17) is 0 Å². The molecule has 4 rings (SSSR count). The van der Waals surface area contributed by atoms with Crippen LogP contribution < -0.4 is 0 Å². The molecule has 144 valence electrons. The second-order valence-electron chi connectivity index (χ2n) is 5.97. The lowest BCUT2D eigenvalue weighted by molar-refractivity contribution is 0.960. The van der Waals surface area contributed by atoms with Crippen molar-refractivity contribution in [2.24, 2.45) is 0 Å². The van der Waals surface area contributed by atoms with E-state index in [1.54, 1.807) is 60.7 Å². The standard InChI is InChI=1S/C21H18N6S2/c1(14-28-20-24-12-6-18(26-20)16-2-8-22-9-3-16)15-29-21-25-13-7-19(27-21)17-4-10-23-11-5-17/h2-13H,1,14-15H2. The van der Waals surface area contributed by atoms with Gasteiger partial charge in [-0.25, -0.2) is 19.9 Å². The molecule has 0 amide bonds. The van der Waals surface area contributed by atoms with E-state index in [9.17, 15) is 0 Å². The van der Waals surface area contributed by atoms with Crippen LogP contribution in [0.4, 0.5) is 0 Å². The topological polar surface area (TPSA) is 77.3 Å². The molecular formula is C21H18N6S2. The highest BCUT2D eigenvalue weighted by Crippen LogP contribution is 2.23. The third kappa shape index (κ3) is 5.58. The summed E-state index contributed by atoms with van der Waals surface area (Å²) in [5, 5.41) is 1.58. The van der Waals surface area contributed by atoms with Gasteiger partial charge in [0.05, 0.1) is 11.4 Å². The fourth-order valence-corrected chi connectivity index (χ4v) is 4.30. The average molecular weight is 419 g/mol. The van der Waals surface area contributed by atoms with Crippen molar-refractivity contribution in [3.8, 4) is 22.5 Å². The highest BCUT2D eigenvalue weighted by molar-refractivity contribution is 8.00.